The standard InChI is InChI=1S/C21H19FN2O4S/c22-16-10-14(24-7-3-8-24)11-17-15(16)12-18(28-17)21(25)23-29(26)19-6-1-4-13-5-2-9-27-20(13)19/h1,4,6,10-12H,2-3,5,7-9H2,(H,23,25). The van der Waals surface area contributed by atoms with E-state index in [-0.39, 0.29) is 11.1 Å². The van der Waals surface area contributed by atoms with Crippen molar-refractivity contribution in [2.75, 3.05) is 24.6 Å². The lowest BCUT2D eigenvalue weighted by atomic mass is 10.1. The van der Waals surface area contributed by atoms with Crippen LogP contribution < -0.4 is 14.4 Å². The summed E-state index contributed by atoms with van der Waals surface area (Å²) in [5.74, 6) is -0.636. The fraction of sp³-hybridized carbons (Fsp3) is 0.286. The van der Waals surface area contributed by atoms with Crippen molar-refractivity contribution in [1.82, 2.24) is 4.72 Å². The summed E-state index contributed by atoms with van der Waals surface area (Å²) in [5.41, 5.74) is 2.00. The number of rotatable bonds is 4. The van der Waals surface area contributed by atoms with Gasteiger partial charge in [-0.3, -0.25) is 9.52 Å². The van der Waals surface area contributed by atoms with Gasteiger partial charge in [-0.1, -0.05) is 12.1 Å². The molecule has 1 saturated heterocycles. The van der Waals surface area contributed by atoms with Gasteiger partial charge in [0.1, 0.15) is 22.0 Å². The lowest BCUT2D eigenvalue weighted by molar-refractivity contribution is 0.0958. The lowest BCUT2D eigenvalue weighted by Crippen LogP contribution is -2.36. The molecule has 150 valence electrons. The number of halogens is 1. The van der Waals surface area contributed by atoms with E-state index in [0.29, 0.717) is 22.8 Å². The zero-order valence-corrected chi connectivity index (χ0v) is 16.4. The van der Waals surface area contributed by atoms with Gasteiger partial charge in [-0.25, -0.2) is 8.60 Å². The van der Waals surface area contributed by atoms with Gasteiger partial charge in [0.05, 0.1) is 12.0 Å². The minimum Gasteiger partial charge on any atom is -0.492 e. The fourth-order valence-electron chi connectivity index (χ4n) is 3.65. The zero-order chi connectivity index (χ0) is 20.0. The molecular weight excluding hydrogens is 395 g/mol. The van der Waals surface area contributed by atoms with Crippen LogP contribution in [0.5, 0.6) is 5.75 Å². The third-order valence-corrected chi connectivity index (χ3v) is 6.39. The first-order valence-electron chi connectivity index (χ1n) is 9.55. The lowest BCUT2D eigenvalue weighted by Gasteiger charge is -2.33. The van der Waals surface area contributed by atoms with E-state index >= 15 is 0 Å². The van der Waals surface area contributed by atoms with Gasteiger partial charge in [-0.15, -0.1) is 0 Å². The zero-order valence-electron chi connectivity index (χ0n) is 15.6. The van der Waals surface area contributed by atoms with Crippen LogP contribution in [0, 0.1) is 5.82 Å². The summed E-state index contributed by atoms with van der Waals surface area (Å²) in [4.78, 5) is 15.0. The third-order valence-electron chi connectivity index (χ3n) is 5.30. The Bertz CT molecular complexity index is 1140. The highest BCUT2D eigenvalue weighted by Gasteiger charge is 2.23. The number of benzene rings is 2. The van der Waals surface area contributed by atoms with E-state index in [2.05, 4.69) is 4.72 Å². The summed E-state index contributed by atoms with van der Waals surface area (Å²) < 4.78 is 40.9. The van der Waals surface area contributed by atoms with E-state index < -0.39 is 22.7 Å². The van der Waals surface area contributed by atoms with Crippen molar-refractivity contribution < 1.29 is 22.5 Å². The Morgan fingerprint density at radius 1 is 1.17 bits per heavy atom. The van der Waals surface area contributed by atoms with Crippen LogP contribution in [0.25, 0.3) is 11.0 Å². The molecule has 1 unspecified atom stereocenters. The highest BCUT2D eigenvalue weighted by atomic mass is 32.2. The van der Waals surface area contributed by atoms with Crippen LogP contribution in [0.15, 0.2) is 45.7 Å². The number of fused-ring (bicyclic) bond motifs is 2. The number of anilines is 1. The molecule has 1 amide bonds. The highest BCUT2D eigenvalue weighted by Crippen LogP contribution is 2.32. The molecule has 0 bridgehead atoms. The molecular formula is C21H19FN2O4S. The number of carbonyl (C=O) groups excluding carboxylic acids is 1. The summed E-state index contributed by atoms with van der Waals surface area (Å²) in [6, 6.07) is 9.90. The molecule has 5 rings (SSSR count). The van der Waals surface area contributed by atoms with E-state index in [1.165, 1.54) is 12.1 Å². The monoisotopic (exact) mass is 414 g/mol. The van der Waals surface area contributed by atoms with E-state index in [1.54, 1.807) is 18.2 Å². The molecule has 1 aromatic heterocycles. The summed E-state index contributed by atoms with van der Waals surface area (Å²) in [6.07, 6.45) is 2.82. The summed E-state index contributed by atoms with van der Waals surface area (Å²) in [7, 11) is -1.82. The second-order valence-corrected chi connectivity index (χ2v) is 8.37. The van der Waals surface area contributed by atoms with Crippen LogP contribution >= 0.6 is 0 Å². The Morgan fingerprint density at radius 2 is 2.03 bits per heavy atom. The Kier molecular flexibility index (Phi) is 4.50. The smallest absolute Gasteiger partial charge is 0.298 e. The van der Waals surface area contributed by atoms with Crippen molar-refractivity contribution >= 4 is 33.5 Å². The Morgan fingerprint density at radius 3 is 2.83 bits per heavy atom. The van der Waals surface area contributed by atoms with E-state index in [9.17, 15) is 13.4 Å². The molecule has 3 heterocycles. The number of para-hydroxylation sites is 1. The molecule has 1 N–H and O–H groups in total. The van der Waals surface area contributed by atoms with Crippen LogP contribution in [-0.4, -0.2) is 29.8 Å². The van der Waals surface area contributed by atoms with Gasteiger partial charge in [-0.05, 0) is 37.0 Å². The third kappa shape index (κ3) is 3.27. The number of nitrogens with one attached hydrogen (secondary N) is 1. The maximum absolute atomic E-state index is 14.5. The average Bonchev–Trinajstić information content (AvgIpc) is 3.11. The average molecular weight is 414 g/mol. The largest absolute Gasteiger partial charge is 0.492 e. The number of furan rings is 1. The van der Waals surface area contributed by atoms with Gasteiger partial charge in [0.15, 0.2) is 16.7 Å². The van der Waals surface area contributed by atoms with Crippen molar-refractivity contribution in [3.05, 3.63) is 53.5 Å². The Hall–Kier alpha value is -2.87. The topological polar surface area (TPSA) is 71.8 Å². The molecule has 0 radical (unpaired) electrons. The van der Waals surface area contributed by atoms with E-state index in [0.717, 1.165) is 43.6 Å². The summed E-state index contributed by atoms with van der Waals surface area (Å²) >= 11 is 0. The van der Waals surface area contributed by atoms with Crippen LogP contribution in [0.3, 0.4) is 0 Å². The quantitative estimate of drug-likeness (QED) is 0.707. The number of ether oxygens (including phenoxy) is 1. The van der Waals surface area contributed by atoms with Gasteiger partial charge < -0.3 is 14.1 Å². The molecule has 2 aliphatic rings. The van der Waals surface area contributed by atoms with Crippen molar-refractivity contribution in [3.63, 3.8) is 0 Å². The minimum absolute atomic E-state index is 0.0845. The first kappa shape index (κ1) is 18.2. The molecule has 2 aromatic carbocycles. The molecule has 0 spiro atoms. The predicted octanol–water partition coefficient (Wildman–Crippen LogP) is 3.56. The normalized spacial score (nSPS) is 16.7. The maximum atomic E-state index is 14.5. The van der Waals surface area contributed by atoms with Crippen LogP contribution in [0.4, 0.5) is 10.1 Å². The van der Waals surface area contributed by atoms with Crippen LogP contribution in [-0.2, 0) is 17.4 Å². The number of amides is 1. The number of carbonyl (C=O) groups is 1. The van der Waals surface area contributed by atoms with Crippen LogP contribution in [0.2, 0.25) is 0 Å². The molecule has 0 aliphatic carbocycles. The van der Waals surface area contributed by atoms with E-state index in [1.807, 2.05) is 11.0 Å². The SMILES string of the molecule is O=C(NS(=O)c1cccc2c1OCCC2)c1cc2c(F)cc(N3CCC3)cc2o1. The number of hydrogen-bond acceptors (Lipinski definition) is 5. The molecule has 2 aliphatic heterocycles. The molecule has 8 heteroatoms. The molecule has 6 nitrogen and oxygen atoms in total. The summed E-state index contributed by atoms with van der Waals surface area (Å²) in [6.45, 7) is 2.31. The second kappa shape index (κ2) is 7.18. The molecule has 3 aromatic rings. The predicted molar refractivity (Wildman–Crippen MR) is 107 cm³/mol. The minimum atomic E-state index is -1.82. The van der Waals surface area contributed by atoms with Crippen molar-refractivity contribution in [3.8, 4) is 5.75 Å². The van der Waals surface area contributed by atoms with Crippen molar-refractivity contribution in [1.29, 1.82) is 0 Å². The number of hydrogen-bond donors (Lipinski definition) is 1. The fourth-order valence-corrected chi connectivity index (χ4v) is 4.59. The van der Waals surface area contributed by atoms with E-state index in [4.69, 9.17) is 9.15 Å². The van der Waals surface area contributed by atoms with Gasteiger partial charge >= 0.3 is 0 Å². The van der Waals surface area contributed by atoms with Crippen molar-refractivity contribution in [2.45, 2.75) is 24.2 Å². The van der Waals surface area contributed by atoms with Gasteiger partial charge in [0, 0.05) is 30.9 Å². The first-order valence-corrected chi connectivity index (χ1v) is 10.7. The molecule has 0 saturated carbocycles. The van der Waals surface area contributed by atoms with Crippen molar-refractivity contribution in [2.24, 2.45) is 0 Å². The Balaban J connectivity index is 1.40. The Labute approximate surface area is 169 Å². The second-order valence-electron chi connectivity index (χ2n) is 7.19. The first-order chi connectivity index (χ1) is 14.1. The summed E-state index contributed by atoms with van der Waals surface area (Å²) in [5, 5.41) is 0.227. The van der Waals surface area contributed by atoms with Gasteiger partial charge in [-0.2, -0.15) is 0 Å². The van der Waals surface area contributed by atoms with Crippen LogP contribution in [0.1, 0.15) is 29.0 Å². The molecule has 1 atom stereocenters. The van der Waals surface area contributed by atoms with Gasteiger partial charge in [0.2, 0.25) is 0 Å². The molecule has 29 heavy (non-hydrogen) atoms. The number of aryl methyl sites for hydroxylation is 1. The molecule has 1 fully saturated rings. The van der Waals surface area contributed by atoms with Gasteiger partial charge in [0.25, 0.3) is 5.91 Å². The highest BCUT2D eigenvalue weighted by molar-refractivity contribution is 7.83. The number of nitrogens with zero attached hydrogens (tertiary/aromatic N) is 1. The maximum Gasteiger partial charge on any atom is 0.298 e.